The van der Waals surface area contributed by atoms with Gasteiger partial charge in [-0.25, -0.2) is 4.79 Å². The zero-order chi connectivity index (χ0) is 18.0. The van der Waals surface area contributed by atoms with E-state index in [1.54, 1.807) is 0 Å². The first-order valence-corrected chi connectivity index (χ1v) is 8.23. The van der Waals surface area contributed by atoms with E-state index in [1.165, 1.54) is 19.6 Å². The number of methoxy groups -OCH3 is 1. The maximum absolute atomic E-state index is 12.4. The summed E-state index contributed by atoms with van der Waals surface area (Å²) in [6.07, 6.45) is 1.60. The fraction of sp³-hybridized carbons (Fsp3) is 0.300. The highest BCUT2D eigenvalue weighted by Gasteiger charge is 2.43. The van der Waals surface area contributed by atoms with E-state index in [2.05, 4.69) is 23.5 Å². The van der Waals surface area contributed by atoms with Crippen LogP contribution in [0.2, 0.25) is 0 Å². The van der Waals surface area contributed by atoms with Crippen molar-refractivity contribution in [2.45, 2.75) is 31.4 Å². The number of aliphatic carboxylic acids is 1. The van der Waals surface area contributed by atoms with E-state index in [1.807, 2.05) is 30.3 Å². The number of carboxylic acids is 1. The molecule has 1 aliphatic carbocycles. The number of fused-ring (bicyclic) bond motifs is 1. The number of ether oxygens (including phenoxy) is 1. The number of hydrogen-bond donors (Lipinski definition) is 2. The smallest absolute Gasteiger partial charge is 0.345 e. The van der Waals surface area contributed by atoms with Crippen LogP contribution in [0, 0.1) is 0 Å². The fourth-order valence-corrected chi connectivity index (χ4v) is 3.14. The molecule has 1 amide bonds. The van der Waals surface area contributed by atoms with E-state index in [0.29, 0.717) is 0 Å². The number of benzene rings is 2. The Labute approximate surface area is 146 Å². The number of rotatable bonds is 5. The third-order valence-corrected chi connectivity index (χ3v) is 4.89. The highest BCUT2D eigenvalue weighted by Crippen LogP contribution is 2.35. The van der Waals surface area contributed by atoms with Gasteiger partial charge in [-0.15, -0.1) is 0 Å². The maximum Gasteiger partial charge on any atom is 0.345 e. The molecule has 5 nitrogen and oxygen atoms in total. The van der Waals surface area contributed by atoms with Gasteiger partial charge in [0.1, 0.15) is 0 Å². The molecule has 0 spiro atoms. The first-order chi connectivity index (χ1) is 12.0. The number of carboxylic acid groups (broad SMARTS) is 1. The summed E-state index contributed by atoms with van der Waals surface area (Å²) in [7, 11) is 1.23. The molecular formula is C20H21NO4. The quantitative estimate of drug-likeness (QED) is 0.821. The average molecular weight is 339 g/mol. The molecular weight excluding hydrogens is 318 g/mol. The van der Waals surface area contributed by atoms with Gasteiger partial charge in [0.15, 0.2) is 0 Å². The van der Waals surface area contributed by atoms with Gasteiger partial charge in [-0.2, -0.15) is 0 Å². The zero-order valence-corrected chi connectivity index (χ0v) is 14.3. The second-order valence-corrected chi connectivity index (χ2v) is 6.39. The molecule has 130 valence electrons. The van der Waals surface area contributed by atoms with Crippen molar-refractivity contribution in [1.29, 1.82) is 0 Å². The summed E-state index contributed by atoms with van der Waals surface area (Å²) in [5.41, 5.74) is 2.51. The van der Waals surface area contributed by atoms with Crippen molar-refractivity contribution >= 4 is 11.9 Å². The summed E-state index contributed by atoms with van der Waals surface area (Å²) in [5, 5.41) is 12.1. The van der Waals surface area contributed by atoms with Crippen molar-refractivity contribution in [2.75, 3.05) is 7.11 Å². The molecule has 2 aromatic carbocycles. The Morgan fingerprint density at radius 2 is 1.88 bits per heavy atom. The number of hydrogen-bond acceptors (Lipinski definition) is 3. The zero-order valence-electron chi connectivity index (χ0n) is 14.3. The number of carbonyl (C=O) groups excluding carboxylic acids is 1. The number of nitrogens with one attached hydrogen (secondary N) is 1. The van der Waals surface area contributed by atoms with Gasteiger partial charge in [-0.3, -0.25) is 4.79 Å². The summed E-state index contributed by atoms with van der Waals surface area (Å²) >= 11 is 0. The minimum atomic E-state index is -1.89. The molecule has 1 aliphatic rings. The maximum atomic E-state index is 12.4. The molecule has 0 saturated heterocycles. The standard InChI is InChI=1S/C20H21NO4/c1-20(25-2,19(23)24)18(22)21-17-11-10-14-8-9-15(12-16(14)17)13-6-4-3-5-7-13/h3-9,12,17H,10-11H2,1-2H3,(H,21,22)(H,23,24). The predicted molar refractivity (Wildman–Crippen MR) is 94.1 cm³/mol. The van der Waals surface area contributed by atoms with Gasteiger partial charge in [-0.1, -0.05) is 42.5 Å². The molecule has 25 heavy (non-hydrogen) atoms. The van der Waals surface area contributed by atoms with Crippen molar-refractivity contribution in [3.05, 3.63) is 59.7 Å². The van der Waals surface area contributed by atoms with Gasteiger partial charge in [0.05, 0.1) is 6.04 Å². The lowest BCUT2D eigenvalue weighted by Crippen LogP contribution is -2.52. The van der Waals surface area contributed by atoms with Gasteiger partial charge in [-0.05, 0) is 48.1 Å². The molecule has 2 N–H and O–H groups in total. The van der Waals surface area contributed by atoms with Crippen molar-refractivity contribution in [2.24, 2.45) is 0 Å². The molecule has 2 aromatic rings. The third kappa shape index (κ3) is 3.15. The second-order valence-electron chi connectivity index (χ2n) is 6.39. The van der Waals surface area contributed by atoms with Crippen LogP contribution in [-0.2, 0) is 20.7 Å². The minimum absolute atomic E-state index is 0.208. The number of aryl methyl sites for hydroxylation is 1. The Morgan fingerprint density at radius 3 is 2.52 bits per heavy atom. The lowest BCUT2D eigenvalue weighted by molar-refractivity contribution is -0.168. The van der Waals surface area contributed by atoms with Crippen LogP contribution in [0.5, 0.6) is 0 Å². The summed E-state index contributed by atoms with van der Waals surface area (Å²) < 4.78 is 4.94. The Morgan fingerprint density at radius 1 is 1.16 bits per heavy atom. The lowest BCUT2D eigenvalue weighted by Gasteiger charge is -2.25. The average Bonchev–Trinajstić information content (AvgIpc) is 3.03. The number of amides is 1. The lowest BCUT2D eigenvalue weighted by atomic mass is 9.98. The first-order valence-electron chi connectivity index (χ1n) is 8.23. The minimum Gasteiger partial charge on any atom is -0.479 e. The summed E-state index contributed by atoms with van der Waals surface area (Å²) in [6.45, 7) is 1.26. The topological polar surface area (TPSA) is 75.6 Å². The van der Waals surface area contributed by atoms with E-state index in [4.69, 9.17) is 4.74 Å². The van der Waals surface area contributed by atoms with Gasteiger partial charge >= 0.3 is 5.97 Å². The summed E-state index contributed by atoms with van der Waals surface area (Å²) in [4.78, 5) is 23.8. The number of carbonyl (C=O) groups is 2. The van der Waals surface area contributed by atoms with E-state index < -0.39 is 17.5 Å². The van der Waals surface area contributed by atoms with Crippen LogP contribution in [0.3, 0.4) is 0 Å². The molecule has 0 aromatic heterocycles. The summed E-state index contributed by atoms with van der Waals surface area (Å²) in [5.74, 6) is -1.94. The third-order valence-electron chi connectivity index (χ3n) is 4.89. The molecule has 0 fully saturated rings. The molecule has 0 heterocycles. The van der Waals surface area contributed by atoms with Crippen LogP contribution in [0.4, 0.5) is 0 Å². The van der Waals surface area contributed by atoms with Gasteiger partial charge in [0.25, 0.3) is 5.91 Å². The monoisotopic (exact) mass is 339 g/mol. The van der Waals surface area contributed by atoms with Crippen LogP contribution in [-0.4, -0.2) is 29.7 Å². The largest absolute Gasteiger partial charge is 0.479 e. The van der Waals surface area contributed by atoms with Crippen LogP contribution in [0.15, 0.2) is 48.5 Å². The van der Waals surface area contributed by atoms with Crippen molar-refractivity contribution in [1.82, 2.24) is 5.32 Å². The van der Waals surface area contributed by atoms with Gasteiger partial charge < -0.3 is 15.2 Å². The van der Waals surface area contributed by atoms with Crippen LogP contribution in [0.1, 0.15) is 30.5 Å². The van der Waals surface area contributed by atoms with Gasteiger partial charge in [0.2, 0.25) is 5.60 Å². The SMILES string of the molecule is COC(C)(C(=O)O)C(=O)NC1CCc2ccc(-c3ccccc3)cc21. The molecule has 0 radical (unpaired) electrons. The highest BCUT2D eigenvalue weighted by molar-refractivity contribution is 6.05. The first kappa shape index (κ1) is 17.2. The van der Waals surface area contributed by atoms with Crippen molar-refractivity contribution in [3.8, 4) is 11.1 Å². The Bertz CT molecular complexity index is 803. The second kappa shape index (κ2) is 6.69. The molecule has 5 heteroatoms. The van der Waals surface area contributed by atoms with E-state index in [9.17, 15) is 14.7 Å². The van der Waals surface area contributed by atoms with Crippen molar-refractivity contribution < 1.29 is 19.4 Å². The molecule has 2 atom stereocenters. The van der Waals surface area contributed by atoms with Crippen LogP contribution in [0.25, 0.3) is 11.1 Å². The Balaban J connectivity index is 1.86. The highest BCUT2D eigenvalue weighted by atomic mass is 16.5. The van der Waals surface area contributed by atoms with Crippen LogP contribution >= 0.6 is 0 Å². The van der Waals surface area contributed by atoms with E-state index >= 15 is 0 Å². The summed E-state index contributed by atoms with van der Waals surface area (Å²) in [6, 6.07) is 16.0. The van der Waals surface area contributed by atoms with Gasteiger partial charge in [0, 0.05) is 7.11 Å². The Kier molecular flexibility index (Phi) is 4.59. The normalized spacial score (nSPS) is 18.2. The molecule has 0 saturated carbocycles. The van der Waals surface area contributed by atoms with E-state index in [-0.39, 0.29) is 6.04 Å². The fourth-order valence-electron chi connectivity index (χ4n) is 3.14. The van der Waals surface area contributed by atoms with E-state index in [0.717, 1.165) is 29.5 Å². The van der Waals surface area contributed by atoms with Crippen molar-refractivity contribution in [3.63, 3.8) is 0 Å². The predicted octanol–water partition coefficient (Wildman–Crippen LogP) is 2.95. The molecule has 0 bridgehead atoms. The molecule has 0 aliphatic heterocycles. The Hall–Kier alpha value is -2.66. The molecule has 2 unspecified atom stereocenters. The van der Waals surface area contributed by atoms with Crippen LogP contribution < -0.4 is 5.32 Å². The molecule has 3 rings (SSSR count).